The number of carbonyl (C=O) groups is 2. The SMILES string of the molecule is CCC(C)C(=O)OCCOC(=O)CCCCCCC1(CC)COC1. The first kappa shape index (κ1) is 20.9. The van der Waals surface area contributed by atoms with Gasteiger partial charge in [-0.3, -0.25) is 9.59 Å². The molecular weight excluding hydrogens is 308 g/mol. The van der Waals surface area contributed by atoms with Crippen molar-refractivity contribution in [3.05, 3.63) is 0 Å². The fraction of sp³-hybridized carbons (Fsp3) is 0.895. The second-order valence-electron chi connectivity index (χ2n) is 6.96. The smallest absolute Gasteiger partial charge is 0.308 e. The maximum atomic E-state index is 11.6. The Balaban J connectivity index is 1.92. The molecule has 0 radical (unpaired) electrons. The fourth-order valence-corrected chi connectivity index (χ4v) is 2.72. The largest absolute Gasteiger partial charge is 0.462 e. The third-order valence-electron chi connectivity index (χ3n) is 5.01. The molecule has 0 aliphatic carbocycles. The van der Waals surface area contributed by atoms with Crippen molar-refractivity contribution in [2.45, 2.75) is 72.1 Å². The van der Waals surface area contributed by atoms with E-state index in [2.05, 4.69) is 6.92 Å². The van der Waals surface area contributed by atoms with Gasteiger partial charge in [-0.1, -0.05) is 40.0 Å². The predicted molar refractivity (Wildman–Crippen MR) is 92.6 cm³/mol. The Kier molecular flexibility index (Phi) is 9.99. The summed E-state index contributed by atoms with van der Waals surface area (Å²) < 4.78 is 15.4. The summed E-state index contributed by atoms with van der Waals surface area (Å²) in [4.78, 5) is 23.0. The highest BCUT2D eigenvalue weighted by Gasteiger charge is 2.35. The average molecular weight is 342 g/mol. The van der Waals surface area contributed by atoms with Gasteiger partial charge in [0.25, 0.3) is 0 Å². The zero-order valence-electron chi connectivity index (χ0n) is 15.6. The zero-order valence-corrected chi connectivity index (χ0v) is 15.6. The molecule has 0 spiro atoms. The van der Waals surface area contributed by atoms with E-state index in [-0.39, 0.29) is 31.1 Å². The molecule has 0 aromatic rings. The number of carbonyl (C=O) groups excluding carboxylic acids is 2. The molecule has 1 aliphatic rings. The first-order chi connectivity index (χ1) is 11.5. The van der Waals surface area contributed by atoms with Gasteiger partial charge in [0.2, 0.25) is 0 Å². The van der Waals surface area contributed by atoms with Gasteiger partial charge in [-0.2, -0.15) is 0 Å². The van der Waals surface area contributed by atoms with E-state index in [0.717, 1.165) is 38.9 Å². The molecule has 0 aromatic heterocycles. The Hall–Kier alpha value is -1.10. The Morgan fingerprint density at radius 1 is 1.04 bits per heavy atom. The first-order valence-corrected chi connectivity index (χ1v) is 9.43. The molecule has 0 amide bonds. The van der Waals surface area contributed by atoms with E-state index in [9.17, 15) is 9.59 Å². The van der Waals surface area contributed by atoms with Gasteiger partial charge in [-0.05, 0) is 25.7 Å². The summed E-state index contributed by atoms with van der Waals surface area (Å²) >= 11 is 0. The Bertz CT molecular complexity index is 370. The van der Waals surface area contributed by atoms with E-state index >= 15 is 0 Å². The lowest BCUT2D eigenvalue weighted by Gasteiger charge is -2.41. The molecule has 1 fully saturated rings. The lowest BCUT2D eigenvalue weighted by Crippen LogP contribution is -2.41. The molecule has 0 saturated carbocycles. The van der Waals surface area contributed by atoms with Crippen molar-refractivity contribution in [3.8, 4) is 0 Å². The van der Waals surface area contributed by atoms with Gasteiger partial charge in [-0.15, -0.1) is 0 Å². The van der Waals surface area contributed by atoms with Crippen LogP contribution in [0.25, 0.3) is 0 Å². The van der Waals surface area contributed by atoms with Crippen molar-refractivity contribution >= 4 is 11.9 Å². The summed E-state index contributed by atoms with van der Waals surface area (Å²) in [6, 6.07) is 0. The summed E-state index contributed by atoms with van der Waals surface area (Å²) in [5, 5.41) is 0. The molecule has 5 heteroatoms. The van der Waals surface area contributed by atoms with Crippen LogP contribution in [0.3, 0.4) is 0 Å². The molecule has 5 nitrogen and oxygen atoms in total. The number of rotatable bonds is 13. The molecule has 0 bridgehead atoms. The molecule has 140 valence electrons. The third kappa shape index (κ3) is 7.65. The highest BCUT2D eigenvalue weighted by atomic mass is 16.6. The van der Waals surface area contributed by atoms with E-state index in [1.807, 2.05) is 13.8 Å². The monoisotopic (exact) mass is 342 g/mol. The van der Waals surface area contributed by atoms with E-state index in [4.69, 9.17) is 14.2 Å². The summed E-state index contributed by atoms with van der Waals surface area (Å²) in [7, 11) is 0. The number of ether oxygens (including phenoxy) is 3. The lowest BCUT2D eigenvalue weighted by molar-refractivity contribution is -0.154. The topological polar surface area (TPSA) is 61.8 Å². The summed E-state index contributed by atoms with van der Waals surface area (Å²) in [6.45, 7) is 8.13. The molecule has 24 heavy (non-hydrogen) atoms. The molecule has 0 aromatic carbocycles. The van der Waals surface area contributed by atoms with Crippen LogP contribution in [0.15, 0.2) is 0 Å². The zero-order chi connectivity index (χ0) is 17.8. The second-order valence-corrected chi connectivity index (χ2v) is 6.96. The molecular formula is C19H34O5. The number of esters is 2. The van der Waals surface area contributed by atoms with Crippen LogP contribution in [0.2, 0.25) is 0 Å². The van der Waals surface area contributed by atoms with E-state index in [1.165, 1.54) is 19.3 Å². The van der Waals surface area contributed by atoms with Gasteiger partial charge in [0.1, 0.15) is 13.2 Å². The molecule has 1 saturated heterocycles. The second kappa shape index (κ2) is 11.5. The minimum atomic E-state index is -0.227. The Morgan fingerprint density at radius 2 is 1.71 bits per heavy atom. The average Bonchev–Trinajstić information content (AvgIpc) is 2.55. The quantitative estimate of drug-likeness (QED) is 0.375. The molecule has 0 N–H and O–H groups in total. The standard InChI is InChI=1S/C19H34O5/c1-4-16(3)18(21)24-13-12-23-17(20)10-8-6-7-9-11-19(5-2)14-22-15-19/h16H,4-15H2,1-3H3. The first-order valence-electron chi connectivity index (χ1n) is 9.43. The van der Waals surface area contributed by atoms with E-state index < -0.39 is 0 Å². The normalized spacial score (nSPS) is 17.0. The van der Waals surface area contributed by atoms with Gasteiger partial charge in [0.15, 0.2) is 0 Å². The van der Waals surface area contributed by atoms with Gasteiger partial charge in [-0.25, -0.2) is 0 Å². The van der Waals surface area contributed by atoms with Crippen LogP contribution in [0.1, 0.15) is 72.1 Å². The van der Waals surface area contributed by atoms with Crippen molar-refractivity contribution in [1.82, 2.24) is 0 Å². The molecule has 1 aliphatic heterocycles. The Morgan fingerprint density at radius 3 is 2.29 bits per heavy atom. The van der Waals surface area contributed by atoms with E-state index in [0.29, 0.717) is 11.8 Å². The molecule has 1 heterocycles. The summed E-state index contributed by atoms with van der Waals surface area (Å²) in [5.74, 6) is -0.527. The highest BCUT2D eigenvalue weighted by molar-refractivity contribution is 5.72. The number of hydrogen-bond donors (Lipinski definition) is 0. The Labute approximate surface area is 146 Å². The summed E-state index contributed by atoms with van der Waals surface area (Å²) in [6.07, 6.45) is 7.90. The molecule has 1 unspecified atom stereocenters. The fourth-order valence-electron chi connectivity index (χ4n) is 2.72. The van der Waals surface area contributed by atoms with Crippen LogP contribution in [-0.4, -0.2) is 38.4 Å². The van der Waals surface area contributed by atoms with Gasteiger partial charge >= 0.3 is 11.9 Å². The van der Waals surface area contributed by atoms with Crippen molar-refractivity contribution < 1.29 is 23.8 Å². The molecule has 1 rings (SSSR count). The number of unbranched alkanes of at least 4 members (excludes halogenated alkanes) is 3. The predicted octanol–water partition coefficient (Wildman–Crippen LogP) is 3.89. The third-order valence-corrected chi connectivity index (χ3v) is 5.01. The van der Waals surface area contributed by atoms with Crippen LogP contribution >= 0.6 is 0 Å². The van der Waals surface area contributed by atoms with Crippen molar-refractivity contribution in [2.24, 2.45) is 11.3 Å². The van der Waals surface area contributed by atoms with E-state index in [1.54, 1.807) is 0 Å². The lowest BCUT2D eigenvalue weighted by atomic mass is 9.78. The minimum Gasteiger partial charge on any atom is -0.462 e. The minimum absolute atomic E-state index is 0.0981. The van der Waals surface area contributed by atoms with Crippen LogP contribution in [0.5, 0.6) is 0 Å². The number of hydrogen-bond acceptors (Lipinski definition) is 5. The van der Waals surface area contributed by atoms with Crippen LogP contribution in [0, 0.1) is 11.3 Å². The molecule has 1 atom stereocenters. The van der Waals surface area contributed by atoms with Crippen LogP contribution < -0.4 is 0 Å². The van der Waals surface area contributed by atoms with Crippen molar-refractivity contribution in [1.29, 1.82) is 0 Å². The van der Waals surface area contributed by atoms with Crippen molar-refractivity contribution in [2.75, 3.05) is 26.4 Å². The van der Waals surface area contributed by atoms with Gasteiger partial charge < -0.3 is 14.2 Å². The van der Waals surface area contributed by atoms with Crippen molar-refractivity contribution in [3.63, 3.8) is 0 Å². The van der Waals surface area contributed by atoms with Gasteiger partial charge in [0, 0.05) is 11.8 Å². The maximum absolute atomic E-state index is 11.6. The van der Waals surface area contributed by atoms with Gasteiger partial charge in [0.05, 0.1) is 19.1 Å². The van der Waals surface area contributed by atoms with Crippen LogP contribution in [0.4, 0.5) is 0 Å². The maximum Gasteiger partial charge on any atom is 0.308 e. The summed E-state index contributed by atoms with van der Waals surface area (Å²) in [5.41, 5.74) is 0.436. The van der Waals surface area contributed by atoms with Crippen LogP contribution in [-0.2, 0) is 23.8 Å². The highest BCUT2D eigenvalue weighted by Crippen LogP contribution is 2.36.